The molecule has 0 bridgehead atoms. The quantitative estimate of drug-likeness (QED) is 0.732. The molecule has 1 aliphatic heterocycles. The molecule has 2 unspecified atom stereocenters. The molecule has 1 heterocycles. The molecule has 1 aliphatic carbocycles. The summed E-state index contributed by atoms with van der Waals surface area (Å²) < 4.78 is 44.5. The highest BCUT2D eigenvalue weighted by Gasteiger charge is 2.53. The third-order valence-corrected chi connectivity index (χ3v) is 3.62. The van der Waals surface area contributed by atoms with E-state index >= 15 is 0 Å². The fraction of sp³-hybridized carbons (Fsp3) is 0.286. The van der Waals surface area contributed by atoms with Crippen molar-refractivity contribution in [2.45, 2.75) is 18.4 Å². The van der Waals surface area contributed by atoms with Crippen molar-refractivity contribution >= 4 is 17.6 Å². The fourth-order valence-corrected chi connectivity index (χ4v) is 2.63. The number of benzene rings is 1. The molecule has 6 nitrogen and oxygen atoms in total. The molecule has 9 heteroatoms. The van der Waals surface area contributed by atoms with Crippen LogP contribution in [0, 0.1) is 0 Å². The SMILES string of the molecule is O=C(O)CNC(=O)C1=C(O)c2c(cccc2C(F)(F)F)C2OC12. The largest absolute Gasteiger partial charge is 0.507 e. The first kappa shape index (κ1) is 15.3. The number of carbonyl (C=O) groups is 2. The van der Waals surface area contributed by atoms with Crippen LogP contribution in [-0.4, -0.2) is 34.7 Å². The van der Waals surface area contributed by atoms with Crippen molar-refractivity contribution in [3.05, 3.63) is 40.5 Å². The van der Waals surface area contributed by atoms with Crippen molar-refractivity contribution in [3.63, 3.8) is 0 Å². The summed E-state index contributed by atoms with van der Waals surface area (Å²) in [4.78, 5) is 22.4. The van der Waals surface area contributed by atoms with E-state index in [0.29, 0.717) is 0 Å². The lowest BCUT2D eigenvalue weighted by atomic mass is 9.87. The summed E-state index contributed by atoms with van der Waals surface area (Å²) in [6.45, 7) is -0.721. The summed E-state index contributed by atoms with van der Waals surface area (Å²) in [5.41, 5.74) is -1.82. The van der Waals surface area contributed by atoms with E-state index in [0.717, 1.165) is 6.07 Å². The first-order valence-corrected chi connectivity index (χ1v) is 6.51. The maximum atomic E-state index is 13.1. The minimum atomic E-state index is -4.72. The van der Waals surface area contributed by atoms with E-state index in [1.54, 1.807) is 0 Å². The Kier molecular flexibility index (Phi) is 3.33. The Hall–Kier alpha value is -2.55. The lowest BCUT2D eigenvalue weighted by Gasteiger charge is -2.20. The number of carboxylic acid groups (broad SMARTS) is 1. The Labute approximate surface area is 127 Å². The zero-order chi connectivity index (χ0) is 16.9. The van der Waals surface area contributed by atoms with E-state index < -0.39 is 53.7 Å². The number of fused-ring (bicyclic) bond motifs is 3. The highest BCUT2D eigenvalue weighted by molar-refractivity contribution is 6.04. The molecule has 1 aromatic carbocycles. The zero-order valence-corrected chi connectivity index (χ0v) is 11.3. The van der Waals surface area contributed by atoms with Crippen LogP contribution in [0.3, 0.4) is 0 Å². The normalized spacial score (nSPS) is 22.2. The maximum Gasteiger partial charge on any atom is 0.417 e. The molecule has 1 aromatic rings. The monoisotopic (exact) mass is 329 g/mol. The van der Waals surface area contributed by atoms with Crippen LogP contribution in [0.15, 0.2) is 23.8 Å². The predicted octanol–water partition coefficient (Wildman–Crippen LogP) is 1.63. The van der Waals surface area contributed by atoms with Crippen LogP contribution in [0.5, 0.6) is 0 Å². The second kappa shape index (κ2) is 4.98. The lowest BCUT2D eigenvalue weighted by Crippen LogP contribution is -2.33. The molecule has 0 saturated carbocycles. The Morgan fingerprint density at radius 2 is 1.96 bits per heavy atom. The zero-order valence-electron chi connectivity index (χ0n) is 11.3. The molecule has 1 fully saturated rings. The van der Waals surface area contributed by atoms with E-state index in [9.17, 15) is 27.9 Å². The fourth-order valence-electron chi connectivity index (χ4n) is 2.63. The number of aliphatic hydroxyl groups is 1. The number of carbonyl (C=O) groups excluding carboxylic acids is 1. The predicted molar refractivity (Wildman–Crippen MR) is 69.3 cm³/mol. The first-order chi connectivity index (χ1) is 10.7. The molecule has 3 N–H and O–H groups in total. The van der Waals surface area contributed by atoms with E-state index in [-0.39, 0.29) is 11.1 Å². The average molecular weight is 329 g/mol. The molecule has 1 amide bonds. The van der Waals surface area contributed by atoms with Crippen molar-refractivity contribution < 1.29 is 37.7 Å². The van der Waals surface area contributed by atoms with Crippen LogP contribution >= 0.6 is 0 Å². The van der Waals surface area contributed by atoms with E-state index in [1.807, 2.05) is 5.32 Å². The first-order valence-electron chi connectivity index (χ1n) is 6.51. The minimum Gasteiger partial charge on any atom is -0.507 e. The van der Waals surface area contributed by atoms with Crippen molar-refractivity contribution in [1.82, 2.24) is 5.32 Å². The summed E-state index contributed by atoms with van der Waals surface area (Å²) in [6, 6.07) is 3.38. The molecule has 23 heavy (non-hydrogen) atoms. The van der Waals surface area contributed by atoms with Crippen LogP contribution in [0.25, 0.3) is 5.76 Å². The van der Waals surface area contributed by atoms with Gasteiger partial charge in [-0.2, -0.15) is 13.2 Å². The number of epoxide rings is 1. The van der Waals surface area contributed by atoms with Gasteiger partial charge in [-0.15, -0.1) is 0 Å². The third kappa shape index (κ3) is 2.52. The van der Waals surface area contributed by atoms with Gasteiger partial charge in [0.05, 0.1) is 11.1 Å². The van der Waals surface area contributed by atoms with E-state index in [1.165, 1.54) is 12.1 Å². The second-order valence-electron chi connectivity index (χ2n) is 5.08. The van der Waals surface area contributed by atoms with Crippen LogP contribution < -0.4 is 5.32 Å². The lowest BCUT2D eigenvalue weighted by molar-refractivity contribution is -0.138. The van der Waals surface area contributed by atoms with Gasteiger partial charge in [0.25, 0.3) is 5.91 Å². The van der Waals surface area contributed by atoms with Gasteiger partial charge in [0.15, 0.2) is 0 Å². The van der Waals surface area contributed by atoms with Crippen LogP contribution in [0.1, 0.15) is 22.8 Å². The van der Waals surface area contributed by atoms with E-state index in [4.69, 9.17) is 9.84 Å². The number of hydrogen-bond acceptors (Lipinski definition) is 4. The Morgan fingerprint density at radius 1 is 1.26 bits per heavy atom. The molecule has 1 saturated heterocycles. The van der Waals surface area contributed by atoms with Gasteiger partial charge < -0.3 is 20.3 Å². The van der Waals surface area contributed by atoms with Gasteiger partial charge in [-0.25, -0.2) is 0 Å². The van der Waals surface area contributed by atoms with Crippen molar-refractivity contribution in [1.29, 1.82) is 0 Å². The average Bonchev–Trinajstić information content (AvgIpc) is 3.24. The van der Waals surface area contributed by atoms with Crippen molar-refractivity contribution in [2.24, 2.45) is 0 Å². The van der Waals surface area contributed by atoms with Crippen LogP contribution in [-0.2, 0) is 20.5 Å². The molecule has 2 aliphatic rings. The minimum absolute atomic E-state index is 0.150. The van der Waals surface area contributed by atoms with Gasteiger partial charge in [-0.3, -0.25) is 9.59 Å². The second-order valence-corrected chi connectivity index (χ2v) is 5.08. The Bertz CT molecular complexity index is 740. The third-order valence-electron chi connectivity index (χ3n) is 3.62. The van der Waals surface area contributed by atoms with Crippen LogP contribution in [0.4, 0.5) is 13.2 Å². The number of ether oxygens (including phenoxy) is 1. The standard InChI is InChI=1S/C14H10F3NO5/c15-14(16,17)6-3-1-2-5-8(6)10(21)9(12-11(5)23-12)13(22)18-4-7(19)20/h1-3,11-12,21H,4H2,(H,18,22)(H,19,20). The number of hydrogen-bond donors (Lipinski definition) is 3. The number of alkyl halides is 3. The van der Waals surface area contributed by atoms with Gasteiger partial charge in [-0.1, -0.05) is 12.1 Å². The summed E-state index contributed by atoms with van der Waals surface area (Å²) in [5.74, 6) is -3.13. The van der Waals surface area contributed by atoms with Gasteiger partial charge in [-0.05, 0) is 11.6 Å². The van der Waals surface area contributed by atoms with Gasteiger partial charge >= 0.3 is 12.1 Å². The van der Waals surface area contributed by atoms with Crippen LogP contribution in [0.2, 0.25) is 0 Å². The van der Waals surface area contributed by atoms with Crippen molar-refractivity contribution in [2.75, 3.05) is 6.54 Å². The molecule has 2 atom stereocenters. The molecule has 0 spiro atoms. The molecule has 0 radical (unpaired) electrons. The van der Waals surface area contributed by atoms with Crippen molar-refractivity contribution in [3.8, 4) is 0 Å². The number of aliphatic carboxylic acids is 1. The molecular weight excluding hydrogens is 319 g/mol. The van der Waals surface area contributed by atoms with Gasteiger partial charge in [0.2, 0.25) is 0 Å². The number of carboxylic acids is 1. The summed E-state index contributed by atoms with van der Waals surface area (Å²) in [7, 11) is 0. The molecule has 3 rings (SSSR count). The number of amides is 1. The highest BCUT2D eigenvalue weighted by Crippen LogP contribution is 2.53. The molecular formula is C14H10F3NO5. The van der Waals surface area contributed by atoms with E-state index in [2.05, 4.69) is 0 Å². The maximum absolute atomic E-state index is 13.1. The van der Waals surface area contributed by atoms with Gasteiger partial charge in [0, 0.05) is 5.56 Å². The molecule has 0 aromatic heterocycles. The summed E-state index contributed by atoms with van der Waals surface area (Å²) >= 11 is 0. The smallest absolute Gasteiger partial charge is 0.417 e. The number of nitrogens with one attached hydrogen (secondary N) is 1. The Morgan fingerprint density at radius 3 is 2.57 bits per heavy atom. The highest BCUT2D eigenvalue weighted by atomic mass is 19.4. The topological polar surface area (TPSA) is 99.2 Å². The Balaban J connectivity index is 2.08. The molecule has 122 valence electrons. The summed E-state index contributed by atoms with van der Waals surface area (Å²) in [5, 5.41) is 20.7. The number of rotatable bonds is 3. The number of aliphatic hydroxyl groups excluding tert-OH is 1. The van der Waals surface area contributed by atoms with Gasteiger partial charge in [0.1, 0.15) is 24.5 Å². The summed E-state index contributed by atoms with van der Waals surface area (Å²) in [6.07, 6.45) is -6.35. The number of halogens is 3.